The van der Waals surface area contributed by atoms with E-state index in [4.69, 9.17) is 11.5 Å². The molecule has 12 N–H and O–H groups in total. The van der Waals surface area contributed by atoms with Gasteiger partial charge in [-0.05, 0) is 75.3 Å². The molecule has 24 heteroatoms. The van der Waals surface area contributed by atoms with Crippen LogP contribution in [0.5, 0.6) is 0 Å². The monoisotopic (exact) mass is 1050 g/mol. The van der Waals surface area contributed by atoms with Gasteiger partial charge in [0.2, 0.25) is 59.1 Å². The number of likely N-dealkylation sites (tertiary alicyclic amines) is 1. The zero-order chi connectivity index (χ0) is 56.1. The van der Waals surface area contributed by atoms with E-state index >= 15 is 0 Å². The predicted molar refractivity (Wildman–Crippen MR) is 279 cm³/mol. The number of amides is 10. The SMILES string of the molecule is CCC[C@H](NC(=O)[C@@H](NC(=O)[C@@H](CC(C)C)NC(=O)C1Cc2ccccc2CN1C(=O)CNC(=O)CN(C)C(C)=O)[C@@H](C)O)C(=O)N[C@H](C(=O)N[C@@H](CCCN=C(N)N)C(=O)N1CCC[C@H]1C(=O)NCC)[C@@H](C)CC. The molecule has 0 spiro atoms. The first-order valence-electron chi connectivity index (χ1n) is 26.1. The van der Waals surface area contributed by atoms with Gasteiger partial charge in [-0.2, -0.15) is 0 Å². The van der Waals surface area contributed by atoms with Gasteiger partial charge in [-0.3, -0.25) is 52.9 Å². The summed E-state index contributed by atoms with van der Waals surface area (Å²) in [6.45, 7) is 13.4. The molecule has 1 aromatic carbocycles. The molecule has 1 aromatic rings. The average Bonchev–Trinajstić information content (AvgIpc) is 3.86. The third-order valence-corrected chi connectivity index (χ3v) is 13.4. The number of carbonyl (C=O) groups excluding carboxylic acids is 10. The lowest BCUT2D eigenvalue weighted by Crippen LogP contribution is -2.62. The summed E-state index contributed by atoms with van der Waals surface area (Å²) in [6, 6.07) is -1.06. The molecule has 1 saturated heterocycles. The molecule has 0 bridgehead atoms. The van der Waals surface area contributed by atoms with Crippen LogP contribution in [-0.2, 0) is 60.9 Å². The number of guanidine groups is 1. The zero-order valence-corrected chi connectivity index (χ0v) is 45.2. The second-order valence-electron chi connectivity index (χ2n) is 19.9. The van der Waals surface area contributed by atoms with Crippen molar-refractivity contribution >= 4 is 65.0 Å². The number of aliphatic hydroxyl groups is 1. The van der Waals surface area contributed by atoms with Gasteiger partial charge in [-0.15, -0.1) is 0 Å². The van der Waals surface area contributed by atoms with E-state index in [9.17, 15) is 53.1 Å². The first kappa shape index (κ1) is 62.4. The number of carbonyl (C=O) groups is 10. The van der Waals surface area contributed by atoms with Gasteiger partial charge in [-0.1, -0.05) is 71.7 Å². The molecule has 24 nitrogen and oxygen atoms in total. The lowest BCUT2D eigenvalue weighted by atomic mass is 9.92. The van der Waals surface area contributed by atoms with E-state index in [-0.39, 0.29) is 69.0 Å². The molecule has 10 amide bonds. The van der Waals surface area contributed by atoms with Gasteiger partial charge in [0.1, 0.15) is 42.3 Å². The Hall–Kier alpha value is -6.85. The number of hydrogen-bond donors (Lipinski definition) is 10. The third-order valence-electron chi connectivity index (χ3n) is 13.4. The molecule has 2 heterocycles. The summed E-state index contributed by atoms with van der Waals surface area (Å²) in [5, 5.41) is 29.8. The largest absolute Gasteiger partial charge is 0.391 e. The number of fused-ring (bicyclic) bond motifs is 1. The van der Waals surface area contributed by atoms with Crippen molar-refractivity contribution in [2.24, 2.45) is 28.3 Å². The van der Waals surface area contributed by atoms with Crippen molar-refractivity contribution in [1.82, 2.24) is 51.9 Å². The first-order valence-corrected chi connectivity index (χ1v) is 26.1. The molecule has 3 rings (SSSR count). The number of rotatable bonds is 28. The number of likely N-dealkylation sites (N-methyl/N-ethyl adjacent to an activating group) is 2. The van der Waals surface area contributed by atoms with Crippen molar-refractivity contribution in [3.8, 4) is 0 Å². The Morgan fingerprint density at radius 2 is 1.39 bits per heavy atom. The Morgan fingerprint density at radius 3 is 1.99 bits per heavy atom. The number of nitrogens with one attached hydrogen (secondary N) is 7. The van der Waals surface area contributed by atoms with Gasteiger partial charge in [0.05, 0.1) is 19.2 Å². The highest BCUT2D eigenvalue weighted by molar-refractivity contribution is 5.98. The summed E-state index contributed by atoms with van der Waals surface area (Å²) >= 11 is 0. The van der Waals surface area contributed by atoms with Crippen LogP contribution in [0.2, 0.25) is 0 Å². The van der Waals surface area contributed by atoms with Gasteiger partial charge in [0.15, 0.2) is 5.96 Å². The highest BCUT2D eigenvalue weighted by atomic mass is 16.3. The first-order chi connectivity index (χ1) is 35.4. The lowest BCUT2D eigenvalue weighted by molar-refractivity contribution is -0.143. The second kappa shape index (κ2) is 30.5. The minimum Gasteiger partial charge on any atom is -0.391 e. The van der Waals surface area contributed by atoms with Crippen LogP contribution in [0.1, 0.15) is 118 Å². The minimum atomic E-state index is -1.63. The van der Waals surface area contributed by atoms with E-state index < -0.39 is 108 Å². The molecule has 2 aliphatic rings. The summed E-state index contributed by atoms with van der Waals surface area (Å²) in [4.78, 5) is 144. The highest BCUT2D eigenvalue weighted by Gasteiger charge is 2.41. The summed E-state index contributed by atoms with van der Waals surface area (Å²) in [5.74, 6) is -6.93. The highest BCUT2D eigenvalue weighted by Crippen LogP contribution is 2.25. The number of aliphatic hydroxyl groups excluding tert-OH is 1. The van der Waals surface area contributed by atoms with Crippen molar-refractivity contribution in [1.29, 1.82) is 0 Å². The fourth-order valence-corrected chi connectivity index (χ4v) is 8.90. The standard InChI is InChI=1S/C51H83N13O11/c1-10-17-35(44(69)60-42(30(6)11-2)48(73)58-36(20-15-22-55-51(52)53)50(75)63-23-16-21-38(63)46(71)54-12-3)57-49(74)43(31(7)65)61-45(70)37(24-29(4)5)59-47(72)39-25-33-18-13-14-19-34(33)27-64(39)41(68)26-56-40(67)28-62(9)32(8)66/h13-14,18-19,29-31,35-39,42-43,65H,10-12,15-17,20-28H2,1-9H3,(H,54,71)(H,56,67)(H,57,74)(H,58,73)(H,59,72)(H,60,69)(H,61,70)(H4,52,53,55)/t30-,31+,35-,36-,37+,38-,39?,42-,43-/m0/s1. The van der Waals surface area contributed by atoms with Crippen molar-refractivity contribution in [3.63, 3.8) is 0 Å². The Morgan fingerprint density at radius 1 is 0.760 bits per heavy atom. The summed E-state index contributed by atoms with van der Waals surface area (Å²) in [5.41, 5.74) is 12.6. The molecule has 0 aromatic heterocycles. The molecule has 1 fully saturated rings. The molecule has 0 radical (unpaired) electrons. The second-order valence-corrected chi connectivity index (χ2v) is 19.9. The maximum absolute atomic E-state index is 14.3. The Labute approximate surface area is 440 Å². The van der Waals surface area contributed by atoms with Gasteiger partial charge in [-0.25, -0.2) is 0 Å². The molecule has 418 valence electrons. The Bertz CT molecular complexity index is 2200. The predicted octanol–water partition coefficient (Wildman–Crippen LogP) is -1.59. The molecule has 9 atom stereocenters. The van der Waals surface area contributed by atoms with Crippen LogP contribution in [0, 0.1) is 11.8 Å². The number of nitrogens with zero attached hydrogens (tertiary/aromatic N) is 4. The molecule has 1 unspecified atom stereocenters. The number of benzene rings is 1. The maximum Gasteiger partial charge on any atom is 0.245 e. The summed E-state index contributed by atoms with van der Waals surface area (Å²) in [6.07, 6.45) is 0.989. The van der Waals surface area contributed by atoms with Crippen LogP contribution in [0.25, 0.3) is 0 Å². The number of hydrogen-bond acceptors (Lipinski definition) is 12. The van der Waals surface area contributed by atoms with Crippen LogP contribution >= 0.6 is 0 Å². The average molecular weight is 1050 g/mol. The van der Waals surface area contributed by atoms with Crippen molar-refractivity contribution < 1.29 is 53.1 Å². The van der Waals surface area contributed by atoms with Crippen molar-refractivity contribution in [3.05, 3.63) is 35.4 Å². The van der Waals surface area contributed by atoms with E-state index in [1.807, 2.05) is 32.9 Å². The number of nitrogens with two attached hydrogens (primary N) is 2. The maximum atomic E-state index is 14.3. The summed E-state index contributed by atoms with van der Waals surface area (Å²) < 4.78 is 0. The topological polar surface area (TPSA) is 349 Å². The summed E-state index contributed by atoms with van der Waals surface area (Å²) in [7, 11) is 1.44. The molecule has 0 saturated carbocycles. The molecule has 75 heavy (non-hydrogen) atoms. The Balaban J connectivity index is 1.82. The number of aliphatic imine (C=N–C) groups is 1. The van der Waals surface area contributed by atoms with Crippen molar-refractivity contribution in [2.75, 3.05) is 39.8 Å². The zero-order valence-electron chi connectivity index (χ0n) is 45.2. The quantitative estimate of drug-likeness (QED) is 0.0258. The molecular weight excluding hydrogens is 971 g/mol. The smallest absolute Gasteiger partial charge is 0.245 e. The third kappa shape index (κ3) is 19.1. The van der Waals surface area contributed by atoms with Crippen LogP contribution in [0.4, 0.5) is 0 Å². The van der Waals surface area contributed by atoms with E-state index in [2.05, 4.69) is 42.2 Å². The molecule has 0 aliphatic carbocycles. The van der Waals surface area contributed by atoms with Gasteiger partial charge in [0.25, 0.3) is 0 Å². The van der Waals surface area contributed by atoms with E-state index in [1.165, 1.54) is 35.6 Å². The lowest BCUT2D eigenvalue weighted by Gasteiger charge is -2.37. The van der Waals surface area contributed by atoms with Gasteiger partial charge >= 0.3 is 0 Å². The van der Waals surface area contributed by atoms with Gasteiger partial charge < -0.3 is 68.5 Å². The van der Waals surface area contributed by atoms with Crippen LogP contribution in [0.3, 0.4) is 0 Å². The van der Waals surface area contributed by atoms with Crippen LogP contribution in [-0.4, -0.2) is 173 Å². The molecule has 2 aliphatic heterocycles. The van der Waals surface area contributed by atoms with E-state index in [0.717, 1.165) is 11.1 Å². The fourth-order valence-electron chi connectivity index (χ4n) is 8.90. The van der Waals surface area contributed by atoms with Crippen LogP contribution in [0.15, 0.2) is 29.3 Å². The van der Waals surface area contributed by atoms with E-state index in [0.29, 0.717) is 45.2 Å². The fraction of sp³-hybridized carbons (Fsp3) is 0.667. The van der Waals surface area contributed by atoms with Crippen molar-refractivity contribution in [2.45, 2.75) is 168 Å². The molecular formula is C51H83N13O11. The normalized spacial score (nSPS) is 17.8. The van der Waals surface area contributed by atoms with E-state index in [1.54, 1.807) is 32.9 Å². The van der Waals surface area contributed by atoms with Crippen LogP contribution < -0.4 is 48.7 Å². The minimum absolute atomic E-state index is 0.0263. The Kier molecular flexibility index (Phi) is 25.4. The van der Waals surface area contributed by atoms with Gasteiger partial charge in [0, 0.05) is 46.6 Å².